The molecule has 0 aliphatic carbocycles. The molecule has 1 aromatic rings. The van der Waals surface area contributed by atoms with Crippen LogP contribution in [0.4, 0.5) is 0 Å². The summed E-state index contributed by atoms with van der Waals surface area (Å²) >= 11 is 0. The molecule has 0 aliphatic heterocycles. The number of hydrogen-bond acceptors (Lipinski definition) is 4. The van der Waals surface area contributed by atoms with Crippen LogP contribution in [-0.2, 0) is 9.84 Å². The Labute approximate surface area is 67.2 Å². The third-order valence-electron chi connectivity index (χ3n) is 0.957. The van der Waals surface area contributed by atoms with E-state index in [2.05, 4.69) is 4.98 Å². The second-order valence-electron chi connectivity index (χ2n) is 1.76. The van der Waals surface area contributed by atoms with Crippen molar-refractivity contribution in [3.05, 3.63) is 22.9 Å². The zero-order valence-corrected chi connectivity index (χ0v) is 6.05. The molecule has 60 valence electrons. The van der Waals surface area contributed by atoms with Crippen molar-refractivity contribution >= 4 is 9.84 Å². The maximum atomic E-state index is 11.2. The number of aromatic nitrogens is 2. The molecular weight excluding hydrogens is 168 g/mol. The summed E-state index contributed by atoms with van der Waals surface area (Å²) in [5.41, 5.74) is -0.741. The highest BCUT2D eigenvalue weighted by Crippen LogP contribution is 2.00. The SMILES string of the molecule is [2H]C([2H])([2H])S(=O)(=O)c1cnc(=O)[nH]c1. The standard InChI is InChI=1S/C5H6N2O3S/c1-11(9,10)4-2-6-5(8)7-3-4/h2-3H,1H3,(H,6,7,8)/i1D3. The van der Waals surface area contributed by atoms with Gasteiger partial charge < -0.3 is 4.98 Å². The fourth-order valence-corrected chi connectivity index (χ4v) is 0.882. The van der Waals surface area contributed by atoms with E-state index >= 15 is 0 Å². The summed E-state index contributed by atoms with van der Waals surface area (Å²) in [7, 11) is -4.43. The van der Waals surface area contributed by atoms with Gasteiger partial charge in [0.05, 0.1) is 6.20 Å². The lowest BCUT2D eigenvalue weighted by Crippen LogP contribution is -2.11. The van der Waals surface area contributed by atoms with E-state index in [1.54, 1.807) is 0 Å². The van der Waals surface area contributed by atoms with E-state index in [0.717, 1.165) is 6.20 Å². The smallest absolute Gasteiger partial charge is 0.311 e. The molecule has 5 nitrogen and oxygen atoms in total. The van der Waals surface area contributed by atoms with E-state index in [4.69, 9.17) is 4.11 Å². The first kappa shape index (κ1) is 4.66. The number of sulfone groups is 1. The fourth-order valence-electron chi connectivity index (χ4n) is 0.477. The van der Waals surface area contributed by atoms with Crippen LogP contribution in [0.25, 0.3) is 0 Å². The monoisotopic (exact) mass is 177 g/mol. The van der Waals surface area contributed by atoms with Crippen LogP contribution in [0.2, 0.25) is 0 Å². The molecule has 1 aromatic heterocycles. The second kappa shape index (κ2) is 2.46. The number of nitrogens with one attached hydrogen (secondary N) is 1. The van der Waals surface area contributed by atoms with Crippen LogP contribution < -0.4 is 5.69 Å². The van der Waals surface area contributed by atoms with E-state index in [0.29, 0.717) is 6.20 Å². The maximum Gasteiger partial charge on any atom is 0.344 e. The van der Waals surface area contributed by atoms with Gasteiger partial charge in [-0.1, -0.05) is 0 Å². The number of hydrogen-bond donors (Lipinski definition) is 1. The lowest BCUT2D eigenvalue weighted by molar-refractivity contribution is 0.600. The van der Waals surface area contributed by atoms with Gasteiger partial charge in [-0.3, -0.25) is 0 Å². The summed E-state index contributed by atoms with van der Waals surface area (Å²) in [6.07, 6.45) is -1.63. The summed E-state index contributed by atoms with van der Waals surface area (Å²) in [5, 5.41) is 0. The Morgan fingerprint density at radius 1 is 1.73 bits per heavy atom. The third kappa shape index (κ3) is 1.87. The summed E-state index contributed by atoms with van der Waals surface area (Å²) in [6.45, 7) is 0. The van der Waals surface area contributed by atoms with Gasteiger partial charge in [0.2, 0.25) is 0 Å². The Hall–Kier alpha value is -1.17. The van der Waals surface area contributed by atoms with Gasteiger partial charge in [-0.05, 0) is 0 Å². The first-order valence-electron chi connectivity index (χ1n) is 4.04. The van der Waals surface area contributed by atoms with Crippen LogP contribution >= 0.6 is 0 Å². The molecule has 0 spiro atoms. The zero-order chi connectivity index (χ0) is 11.0. The van der Waals surface area contributed by atoms with Crippen molar-refractivity contribution in [2.24, 2.45) is 0 Å². The molecule has 0 unspecified atom stereocenters. The number of H-pyrrole nitrogens is 1. The van der Waals surface area contributed by atoms with Gasteiger partial charge in [0.15, 0.2) is 9.84 Å². The predicted octanol–water partition coefficient (Wildman–Crippen LogP) is -0.827. The minimum atomic E-state index is -4.43. The highest BCUT2D eigenvalue weighted by Gasteiger charge is 2.05. The average molecular weight is 177 g/mol. The quantitative estimate of drug-likeness (QED) is 0.607. The summed E-state index contributed by atoms with van der Waals surface area (Å²) in [4.78, 5) is 15.1. The van der Waals surface area contributed by atoms with E-state index < -0.39 is 26.6 Å². The van der Waals surface area contributed by atoms with E-state index in [1.165, 1.54) is 0 Å². The fraction of sp³-hybridized carbons (Fsp3) is 0.200. The van der Waals surface area contributed by atoms with Crippen molar-refractivity contribution in [1.29, 1.82) is 0 Å². The molecule has 1 rings (SSSR count). The van der Waals surface area contributed by atoms with Gasteiger partial charge in [0.25, 0.3) is 0 Å². The third-order valence-corrected chi connectivity index (χ3v) is 1.80. The molecule has 0 saturated heterocycles. The molecule has 0 atom stereocenters. The van der Waals surface area contributed by atoms with Gasteiger partial charge in [-0.25, -0.2) is 18.2 Å². The van der Waals surface area contributed by atoms with Crippen molar-refractivity contribution in [2.45, 2.75) is 4.90 Å². The molecule has 1 N–H and O–H groups in total. The highest BCUT2D eigenvalue weighted by atomic mass is 32.2. The Morgan fingerprint density at radius 3 is 2.91 bits per heavy atom. The van der Waals surface area contributed by atoms with Crippen molar-refractivity contribution in [3.63, 3.8) is 0 Å². The Morgan fingerprint density at radius 2 is 2.45 bits per heavy atom. The first-order valence-corrected chi connectivity index (χ1v) is 4.03. The molecule has 0 aliphatic rings. The van der Waals surface area contributed by atoms with Gasteiger partial charge in [-0.2, -0.15) is 0 Å². The van der Waals surface area contributed by atoms with Crippen LogP contribution in [0.15, 0.2) is 22.1 Å². The molecule has 0 saturated carbocycles. The topological polar surface area (TPSA) is 79.9 Å². The molecule has 0 bridgehead atoms. The normalized spacial score (nSPS) is 16.5. The molecule has 0 amide bonds. The van der Waals surface area contributed by atoms with Gasteiger partial charge in [0.1, 0.15) is 4.90 Å². The molecule has 11 heavy (non-hydrogen) atoms. The summed E-state index contributed by atoms with van der Waals surface area (Å²) < 4.78 is 42.7. The maximum absolute atomic E-state index is 11.2. The summed E-state index contributed by atoms with van der Waals surface area (Å²) in [6, 6.07) is 0. The second-order valence-corrected chi connectivity index (χ2v) is 3.24. The van der Waals surface area contributed by atoms with E-state index in [1.807, 2.05) is 4.98 Å². The Balaban J connectivity index is 3.32. The largest absolute Gasteiger partial charge is 0.344 e. The first-order chi connectivity index (χ1) is 6.25. The van der Waals surface area contributed by atoms with Crippen molar-refractivity contribution in [1.82, 2.24) is 9.97 Å². The molecule has 6 heteroatoms. The van der Waals surface area contributed by atoms with E-state index in [-0.39, 0.29) is 0 Å². The molecular formula is C5H6N2O3S. The number of nitrogens with zero attached hydrogens (tertiary/aromatic N) is 1. The predicted molar refractivity (Wildman–Crippen MR) is 38.0 cm³/mol. The molecule has 0 fully saturated rings. The van der Waals surface area contributed by atoms with Crippen LogP contribution in [-0.4, -0.2) is 24.6 Å². The highest BCUT2D eigenvalue weighted by molar-refractivity contribution is 7.90. The minimum absolute atomic E-state index is 0.530. The van der Waals surface area contributed by atoms with Crippen LogP contribution in [0.3, 0.4) is 0 Å². The average Bonchev–Trinajstić information content (AvgIpc) is 2.03. The zero-order valence-electron chi connectivity index (χ0n) is 8.23. The minimum Gasteiger partial charge on any atom is -0.311 e. The van der Waals surface area contributed by atoms with Gasteiger partial charge in [-0.15, -0.1) is 0 Å². The van der Waals surface area contributed by atoms with Crippen LogP contribution in [0.5, 0.6) is 0 Å². The lowest BCUT2D eigenvalue weighted by atomic mass is 10.7. The van der Waals surface area contributed by atoms with Gasteiger partial charge in [0, 0.05) is 16.5 Å². The summed E-state index contributed by atoms with van der Waals surface area (Å²) in [5.74, 6) is 0. The molecule has 0 radical (unpaired) electrons. The van der Waals surface area contributed by atoms with Crippen LogP contribution in [0, 0.1) is 0 Å². The van der Waals surface area contributed by atoms with Crippen LogP contribution in [0.1, 0.15) is 4.11 Å². The number of aromatic amines is 1. The Kier molecular flexibility index (Phi) is 1.04. The van der Waals surface area contributed by atoms with E-state index in [9.17, 15) is 13.2 Å². The Bertz CT molecular complexity index is 469. The molecule has 0 aromatic carbocycles. The lowest BCUT2D eigenvalue weighted by Gasteiger charge is -1.92. The van der Waals surface area contributed by atoms with Crippen molar-refractivity contribution in [2.75, 3.05) is 6.18 Å². The van der Waals surface area contributed by atoms with Crippen molar-refractivity contribution in [3.8, 4) is 0 Å². The number of rotatable bonds is 1. The van der Waals surface area contributed by atoms with Crippen molar-refractivity contribution < 1.29 is 12.5 Å². The van der Waals surface area contributed by atoms with Gasteiger partial charge >= 0.3 is 5.69 Å². The molecule has 1 heterocycles.